The van der Waals surface area contributed by atoms with Gasteiger partial charge in [-0.15, -0.1) is 11.8 Å². The Kier molecular flexibility index (Phi) is 4.69. The number of benzene rings is 1. The Hall–Kier alpha value is -0.460. The summed E-state index contributed by atoms with van der Waals surface area (Å²) in [4.78, 5) is 1.15. The van der Waals surface area contributed by atoms with Crippen LogP contribution in [0.15, 0.2) is 27.6 Å². The van der Waals surface area contributed by atoms with Gasteiger partial charge >= 0.3 is 0 Å². The predicted octanol–water partition coefficient (Wildman–Crippen LogP) is 4.46. The fraction of sp³-hybridized carbons (Fsp3) is 0.417. The first-order valence-electron chi connectivity index (χ1n) is 4.90. The molecule has 1 nitrogen and oxygen atoms in total. The van der Waals surface area contributed by atoms with Crippen LogP contribution in [0.25, 0.3) is 0 Å². The summed E-state index contributed by atoms with van der Waals surface area (Å²) in [5, 5.41) is 9.41. The number of hydrogen-bond donors (Lipinski definition) is 0. The van der Waals surface area contributed by atoms with Crippen molar-refractivity contribution in [1.82, 2.24) is 0 Å². The number of nitrogens with zero attached hydrogens (tertiary/aromatic N) is 1. The molecule has 1 aromatic rings. The molecule has 3 heteroatoms. The summed E-state index contributed by atoms with van der Waals surface area (Å²) in [7, 11) is 0. The molecule has 0 spiro atoms. The molecule has 0 bridgehead atoms. The first-order valence-corrected chi connectivity index (χ1v) is 6.57. The van der Waals surface area contributed by atoms with E-state index < -0.39 is 0 Å². The zero-order chi connectivity index (χ0) is 11.4. The number of hydrogen-bond acceptors (Lipinski definition) is 2. The SMILES string of the molecule is CC(C)C(C)Sc1cc(Br)cc(C#N)c1. The van der Waals surface area contributed by atoms with Gasteiger partial charge in [0.15, 0.2) is 0 Å². The topological polar surface area (TPSA) is 23.8 Å². The van der Waals surface area contributed by atoms with Gasteiger partial charge in [0, 0.05) is 14.6 Å². The van der Waals surface area contributed by atoms with Gasteiger partial charge in [-0.3, -0.25) is 0 Å². The second-order valence-electron chi connectivity index (χ2n) is 3.85. The second-order valence-corrected chi connectivity index (χ2v) is 6.22. The van der Waals surface area contributed by atoms with Gasteiger partial charge in [-0.05, 0) is 24.1 Å². The van der Waals surface area contributed by atoms with Gasteiger partial charge < -0.3 is 0 Å². The van der Waals surface area contributed by atoms with Gasteiger partial charge in [-0.1, -0.05) is 36.7 Å². The predicted molar refractivity (Wildman–Crippen MR) is 69.0 cm³/mol. The quantitative estimate of drug-likeness (QED) is 0.765. The van der Waals surface area contributed by atoms with Crippen molar-refractivity contribution in [2.24, 2.45) is 5.92 Å². The molecule has 0 N–H and O–H groups in total. The maximum atomic E-state index is 8.85. The van der Waals surface area contributed by atoms with E-state index in [4.69, 9.17) is 5.26 Å². The van der Waals surface area contributed by atoms with Crippen molar-refractivity contribution in [2.75, 3.05) is 0 Å². The standard InChI is InChI=1S/C12H14BrNS/c1-8(2)9(3)15-12-5-10(7-14)4-11(13)6-12/h4-6,8-9H,1-3H3. The molecule has 1 aromatic carbocycles. The molecule has 1 rings (SSSR count). The number of halogens is 1. The molecule has 1 atom stereocenters. The Bertz CT molecular complexity index is 382. The summed E-state index contributed by atoms with van der Waals surface area (Å²) in [6.45, 7) is 6.63. The number of nitriles is 1. The Morgan fingerprint density at radius 2 is 1.93 bits per heavy atom. The van der Waals surface area contributed by atoms with Crippen molar-refractivity contribution in [3.63, 3.8) is 0 Å². The van der Waals surface area contributed by atoms with Gasteiger partial charge in [-0.25, -0.2) is 0 Å². The van der Waals surface area contributed by atoms with E-state index in [2.05, 4.69) is 48.8 Å². The highest BCUT2D eigenvalue weighted by atomic mass is 79.9. The third-order valence-corrected chi connectivity index (χ3v) is 4.14. The van der Waals surface area contributed by atoms with Crippen LogP contribution >= 0.6 is 27.7 Å². The van der Waals surface area contributed by atoms with Crippen molar-refractivity contribution in [2.45, 2.75) is 30.9 Å². The molecular weight excluding hydrogens is 270 g/mol. The third-order valence-electron chi connectivity index (χ3n) is 2.26. The number of thioether (sulfide) groups is 1. The van der Waals surface area contributed by atoms with Crippen molar-refractivity contribution in [3.8, 4) is 6.07 Å². The van der Waals surface area contributed by atoms with Crippen LogP contribution in [0.4, 0.5) is 0 Å². The molecule has 0 amide bonds. The van der Waals surface area contributed by atoms with Crippen molar-refractivity contribution in [1.29, 1.82) is 5.26 Å². The highest BCUT2D eigenvalue weighted by molar-refractivity contribution is 9.10. The highest BCUT2D eigenvalue weighted by Gasteiger charge is 2.09. The van der Waals surface area contributed by atoms with Crippen LogP contribution in [0.3, 0.4) is 0 Å². The lowest BCUT2D eigenvalue weighted by molar-refractivity contribution is 0.642. The molecule has 15 heavy (non-hydrogen) atoms. The van der Waals surface area contributed by atoms with Gasteiger partial charge in [0.05, 0.1) is 11.6 Å². The molecule has 0 fully saturated rings. The van der Waals surface area contributed by atoms with E-state index in [1.165, 1.54) is 0 Å². The molecule has 1 unspecified atom stereocenters. The molecule has 0 saturated heterocycles. The van der Waals surface area contributed by atoms with E-state index in [9.17, 15) is 0 Å². The van der Waals surface area contributed by atoms with Crippen LogP contribution in [0, 0.1) is 17.2 Å². The maximum Gasteiger partial charge on any atom is 0.0992 e. The molecule has 80 valence electrons. The summed E-state index contributed by atoms with van der Waals surface area (Å²) in [6, 6.07) is 8.00. The van der Waals surface area contributed by atoms with Crippen LogP contribution in [0.1, 0.15) is 26.3 Å². The van der Waals surface area contributed by atoms with Gasteiger partial charge in [-0.2, -0.15) is 5.26 Å². The largest absolute Gasteiger partial charge is 0.192 e. The molecular formula is C12H14BrNS. The Morgan fingerprint density at radius 1 is 1.27 bits per heavy atom. The van der Waals surface area contributed by atoms with E-state index in [1.54, 1.807) is 0 Å². The average Bonchev–Trinajstić information content (AvgIpc) is 2.16. The Morgan fingerprint density at radius 3 is 2.47 bits per heavy atom. The van der Waals surface area contributed by atoms with Crippen LogP contribution < -0.4 is 0 Å². The van der Waals surface area contributed by atoms with E-state index in [0.29, 0.717) is 16.7 Å². The Labute approximate surface area is 104 Å². The van der Waals surface area contributed by atoms with E-state index in [0.717, 1.165) is 9.37 Å². The minimum atomic E-state index is 0.561. The first-order chi connectivity index (χ1) is 7.02. The summed E-state index contributed by atoms with van der Waals surface area (Å²) in [5.41, 5.74) is 0.711. The molecule has 0 saturated carbocycles. The van der Waals surface area contributed by atoms with Gasteiger partial charge in [0.2, 0.25) is 0 Å². The lowest BCUT2D eigenvalue weighted by Crippen LogP contribution is -2.05. The second kappa shape index (κ2) is 5.58. The smallest absolute Gasteiger partial charge is 0.0992 e. The molecule has 0 radical (unpaired) electrons. The Balaban J connectivity index is 2.87. The number of rotatable bonds is 3. The maximum absolute atomic E-state index is 8.85. The van der Waals surface area contributed by atoms with Crippen molar-refractivity contribution < 1.29 is 0 Å². The summed E-state index contributed by atoms with van der Waals surface area (Å²) >= 11 is 5.23. The lowest BCUT2D eigenvalue weighted by Gasteiger charge is -2.15. The molecule has 0 aromatic heterocycles. The fourth-order valence-corrected chi connectivity index (χ4v) is 2.78. The molecule has 0 aliphatic rings. The monoisotopic (exact) mass is 283 g/mol. The highest BCUT2D eigenvalue weighted by Crippen LogP contribution is 2.30. The van der Waals surface area contributed by atoms with Gasteiger partial charge in [0.25, 0.3) is 0 Å². The summed E-state index contributed by atoms with van der Waals surface area (Å²) in [6.07, 6.45) is 0. The fourth-order valence-electron chi connectivity index (χ4n) is 1.05. The minimum absolute atomic E-state index is 0.561. The van der Waals surface area contributed by atoms with E-state index in [-0.39, 0.29) is 0 Å². The summed E-state index contributed by atoms with van der Waals surface area (Å²) < 4.78 is 0.972. The first kappa shape index (κ1) is 12.6. The molecule has 0 heterocycles. The average molecular weight is 284 g/mol. The van der Waals surface area contributed by atoms with Crippen molar-refractivity contribution in [3.05, 3.63) is 28.2 Å². The zero-order valence-corrected chi connectivity index (χ0v) is 11.5. The van der Waals surface area contributed by atoms with Gasteiger partial charge in [0.1, 0.15) is 0 Å². The van der Waals surface area contributed by atoms with Crippen molar-refractivity contribution >= 4 is 27.7 Å². The van der Waals surface area contributed by atoms with Crippen LogP contribution in [-0.2, 0) is 0 Å². The van der Waals surface area contributed by atoms with Crippen LogP contribution in [0.5, 0.6) is 0 Å². The molecule has 0 aliphatic heterocycles. The zero-order valence-electron chi connectivity index (χ0n) is 9.12. The summed E-state index contributed by atoms with van der Waals surface area (Å²) in [5.74, 6) is 0.638. The van der Waals surface area contributed by atoms with E-state index >= 15 is 0 Å². The normalized spacial score (nSPS) is 12.5. The van der Waals surface area contributed by atoms with E-state index in [1.807, 2.05) is 23.9 Å². The van der Waals surface area contributed by atoms with Crippen LogP contribution in [-0.4, -0.2) is 5.25 Å². The lowest BCUT2D eigenvalue weighted by atomic mass is 10.2. The molecule has 0 aliphatic carbocycles. The third kappa shape index (κ3) is 3.89. The minimum Gasteiger partial charge on any atom is -0.192 e. The van der Waals surface area contributed by atoms with Crippen LogP contribution in [0.2, 0.25) is 0 Å².